The molecule has 0 N–H and O–H groups in total. The van der Waals surface area contributed by atoms with E-state index in [0.717, 1.165) is 16.2 Å². The summed E-state index contributed by atoms with van der Waals surface area (Å²) in [5.74, 6) is -0.123. The molecular formula is C25H21NO5. The highest BCUT2D eigenvalue weighted by atomic mass is 16.5. The molecule has 0 saturated carbocycles. The number of rotatable bonds is 5. The predicted octanol–water partition coefficient (Wildman–Crippen LogP) is 5.15. The van der Waals surface area contributed by atoms with Crippen LogP contribution in [0.5, 0.6) is 11.5 Å². The summed E-state index contributed by atoms with van der Waals surface area (Å²) in [5.41, 5.74) is 2.10. The molecule has 1 heterocycles. The molecule has 6 nitrogen and oxygen atoms in total. The Balaban J connectivity index is 1.57. The first-order valence-corrected chi connectivity index (χ1v) is 9.92. The zero-order chi connectivity index (χ0) is 22.1. The van der Waals surface area contributed by atoms with Crippen LogP contribution in [0.2, 0.25) is 0 Å². The molecule has 0 aromatic heterocycles. The lowest BCUT2D eigenvalue weighted by molar-refractivity contribution is 0.0377. The zero-order valence-electron chi connectivity index (χ0n) is 17.4. The molecule has 1 aliphatic rings. The maximum absolute atomic E-state index is 12.9. The van der Waals surface area contributed by atoms with Gasteiger partial charge in [0.05, 0.1) is 28.5 Å². The van der Waals surface area contributed by atoms with Crippen molar-refractivity contribution < 1.29 is 23.9 Å². The van der Waals surface area contributed by atoms with E-state index in [9.17, 15) is 14.4 Å². The van der Waals surface area contributed by atoms with Crippen molar-refractivity contribution in [3.8, 4) is 11.5 Å². The molecule has 0 bridgehead atoms. The minimum Gasteiger partial charge on any atom is -0.459 e. The van der Waals surface area contributed by atoms with Gasteiger partial charge >= 0.3 is 5.97 Å². The first kappa shape index (κ1) is 20.3. The van der Waals surface area contributed by atoms with Crippen molar-refractivity contribution in [1.82, 2.24) is 0 Å². The molecule has 0 fully saturated rings. The number of esters is 1. The van der Waals surface area contributed by atoms with Crippen LogP contribution in [0, 0.1) is 6.92 Å². The minimum absolute atomic E-state index is 0.184. The molecule has 31 heavy (non-hydrogen) atoms. The number of ether oxygens (including phenoxy) is 2. The molecule has 6 heteroatoms. The Labute approximate surface area is 180 Å². The molecule has 0 unspecified atom stereocenters. The van der Waals surface area contributed by atoms with E-state index in [4.69, 9.17) is 9.47 Å². The van der Waals surface area contributed by atoms with Crippen LogP contribution in [0.1, 0.15) is 50.5 Å². The summed E-state index contributed by atoms with van der Waals surface area (Å²) < 4.78 is 11.1. The highest BCUT2D eigenvalue weighted by molar-refractivity contribution is 6.34. The fraction of sp³-hybridized carbons (Fsp3) is 0.160. The van der Waals surface area contributed by atoms with E-state index in [1.165, 1.54) is 18.2 Å². The number of benzene rings is 3. The van der Waals surface area contributed by atoms with E-state index in [-0.39, 0.29) is 22.8 Å². The van der Waals surface area contributed by atoms with Crippen LogP contribution in [0.25, 0.3) is 0 Å². The van der Waals surface area contributed by atoms with Crippen molar-refractivity contribution in [2.24, 2.45) is 0 Å². The van der Waals surface area contributed by atoms with Crippen LogP contribution < -0.4 is 9.64 Å². The van der Waals surface area contributed by atoms with E-state index < -0.39 is 17.8 Å². The van der Waals surface area contributed by atoms with Gasteiger partial charge in [0.1, 0.15) is 11.5 Å². The summed E-state index contributed by atoms with van der Waals surface area (Å²) in [6.45, 7) is 5.44. The van der Waals surface area contributed by atoms with Crippen LogP contribution in [0.15, 0.2) is 66.7 Å². The van der Waals surface area contributed by atoms with Crippen LogP contribution >= 0.6 is 0 Å². The molecule has 4 rings (SSSR count). The number of amides is 2. The molecule has 1 aliphatic heterocycles. The van der Waals surface area contributed by atoms with Gasteiger partial charge in [-0.25, -0.2) is 9.69 Å². The number of hydrogen-bond acceptors (Lipinski definition) is 5. The van der Waals surface area contributed by atoms with Gasteiger partial charge in [0.25, 0.3) is 11.8 Å². The maximum Gasteiger partial charge on any atom is 0.338 e. The Morgan fingerprint density at radius 2 is 1.55 bits per heavy atom. The van der Waals surface area contributed by atoms with Crippen LogP contribution in [0.4, 0.5) is 5.69 Å². The monoisotopic (exact) mass is 415 g/mol. The van der Waals surface area contributed by atoms with Crippen molar-refractivity contribution in [3.63, 3.8) is 0 Å². The van der Waals surface area contributed by atoms with Crippen molar-refractivity contribution in [2.75, 3.05) is 4.90 Å². The van der Waals surface area contributed by atoms with E-state index in [1.807, 2.05) is 31.2 Å². The van der Waals surface area contributed by atoms with Gasteiger partial charge in [0, 0.05) is 0 Å². The number of carbonyl (C=O) groups excluding carboxylic acids is 3. The quantitative estimate of drug-likeness (QED) is 0.425. The van der Waals surface area contributed by atoms with E-state index in [2.05, 4.69) is 0 Å². The minimum atomic E-state index is -0.533. The summed E-state index contributed by atoms with van der Waals surface area (Å²) in [4.78, 5) is 39.0. The Kier molecular flexibility index (Phi) is 5.29. The second-order valence-corrected chi connectivity index (χ2v) is 7.52. The summed E-state index contributed by atoms with van der Waals surface area (Å²) in [5, 5.41) is 0. The molecule has 0 saturated heterocycles. The first-order chi connectivity index (χ1) is 14.8. The van der Waals surface area contributed by atoms with E-state index >= 15 is 0 Å². The lowest BCUT2D eigenvalue weighted by Gasteiger charge is -2.15. The number of carbonyl (C=O) groups is 3. The SMILES string of the molecule is Cc1ccccc1Oc1ccc(N2C(=O)c3ccc(C(=O)OC(C)C)cc3C2=O)cc1. The summed E-state index contributed by atoms with van der Waals surface area (Å²) in [6.07, 6.45) is -0.282. The van der Waals surface area contributed by atoms with Crippen molar-refractivity contribution in [3.05, 3.63) is 89.0 Å². The number of imide groups is 1. The highest BCUT2D eigenvalue weighted by Gasteiger charge is 2.37. The largest absolute Gasteiger partial charge is 0.459 e. The van der Waals surface area contributed by atoms with Crippen molar-refractivity contribution >= 4 is 23.5 Å². The number of fused-ring (bicyclic) bond motifs is 1. The van der Waals surface area contributed by atoms with Gasteiger partial charge in [-0.05, 0) is 74.9 Å². The zero-order valence-corrected chi connectivity index (χ0v) is 17.4. The van der Waals surface area contributed by atoms with Crippen LogP contribution in [0.3, 0.4) is 0 Å². The average molecular weight is 415 g/mol. The normalized spacial score (nSPS) is 12.8. The third-order valence-electron chi connectivity index (χ3n) is 4.88. The topological polar surface area (TPSA) is 72.9 Å². The summed E-state index contributed by atoms with van der Waals surface area (Å²) >= 11 is 0. The molecule has 2 amide bonds. The maximum atomic E-state index is 12.9. The van der Waals surface area contributed by atoms with Gasteiger partial charge in [0.2, 0.25) is 0 Å². The molecule has 0 spiro atoms. The smallest absolute Gasteiger partial charge is 0.338 e. The van der Waals surface area contributed by atoms with Gasteiger partial charge in [-0.1, -0.05) is 18.2 Å². The molecule has 156 valence electrons. The third kappa shape index (κ3) is 3.92. The second kappa shape index (κ2) is 8.07. The van der Waals surface area contributed by atoms with Crippen molar-refractivity contribution in [2.45, 2.75) is 26.9 Å². The first-order valence-electron chi connectivity index (χ1n) is 9.92. The van der Waals surface area contributed by atoms with Gasteiger partial charge in [-0.15, -0.1) is 0 Å². The number of aryl methyl sites for hydroxylation is 1. The number of nitrogens with zero attached hydrogens (tertiary/aromatic N) is 1. The third-order valence-corrected chi connectivity index (χ3v) is 4.88. The van der Waals surface area contributed by atoms with Gasteiger partial charge in [-0.2, -0.15) is 0 Å². The van der Waals surface area contributed by atoms with E-state index in [1.54, 1.807) is 38.1 Å². The Morgan fingerprint density at radius 1 is 0.871 bits per heavy atom. The van der Waals surface area contributed by atoms with Crippen LogP contribution in [-0.4, -0.2) is 23.9 Å². The number of hydrogen-bond donors (Lipinski definition) is 0. The number of anilines is 1. The molecule has 0 radical (unpaired) electrons. The average Bonchev–Trinajstić information content (AvgIpc) is 3.00. The van der Waals surface area contributed by atoms with E-state index in [0.29, 0.717) is 11.4 Å². The van der Waals surface area contributed by atoms with Gasteiger partial charge in [-0.3, -0.25) is 9.59 Å². The Bertz CT molecular complexity index is 1180. The highest BCUT2D eigenvalue weighted by Crippen LogP contribution is 2.32. The Hall–Kier alpha value is -3.93. The Morgan fingerprint density at radius 3 is 2.23 bits per heavy atom. The molecule has 0 aliphatic carbocycles. The standard InChI is InChI=1S/C25H21NO5/c1-15(2)30-25(29)17-8-13-20-21(14-17)24(28)26(23(20)27)18-9-11-19(12-10-18)31-22-7-5-4-6-16(22)3/h4-15H,1-3H3. The second-order valence-electron chi connectivity index (χ2n) is 7.52. The fourth-order valence-corrected chi connectivity index (χ4v) is 3.35. The van der Waals surface area contributed by atoms with Gasteiger partial charge < -0.3 is 9.47 Å². The van der Waals surface area contributed by atoms with Crippen LogP contribution in [-0.2, 0) is 4.74 Å². The van der Waals surface area contributed by atoms with Gasteiger partial charge in [0.15, 0.2) is 0 Å². The number of para-hydroxylation sites is 1. The molecule has 0 atom stereocenters. The predicted molar refractivity (Wildman–Crippen MR) is 116 cm³/mol. The lowest BCUT2D eigenvalue weighted by atomic mass is 10.1. The fourth-order valence-electron chi connectivity index (χ4n) is 3.35. The molecule has 3 aromatic carbocycles. The summed E-state index contributed by atoms with van der Waals surface area (Å²) in [7, 11) is 0. The van der Waals surface area contributed by atoms with Crippen molar-refractivity contribution in [1.29, 1.82) is 0 Å². The molecular weight excluding hydrogens is 394 g/mol. The molecule has 3 aromatic rings. The summed E-state index contributed by atoms with van der Waals surface area (Å²) in [6, 6.07) is 18.8. The lowest BCUT2D eigenvalue weighted by Crippen LogP contribution is -2.29.